The van der Waals surface area contributed by atoms with Gasteiger partial charge in [0, 0.05) is 38.3 Å². The summed E-state index contributed by atoms with van der Waals surface area (Å²) in [5, 5.41) is 7.32. The Morgan fingerprint density at radius 2 is 1.00 bits per heavy atom. The summed E-state index contributed by atoms with van der Waals surface area (Å²) in [6, 6.07) is 54.5. The number of aromatic nitrogens is 2. The van der Waals surface area contributed by atoms with Crippen LogP contribution < -0.4 is 4.90 Å². The number of benzene rings is 7. The van der Waals surface area contributed by atoms with Gasteiger partial charge in [-0.15, -0.1) is 0 Å². The zero-order valence-electron chi connectivity index (χ0n) is 24.7. The van der Waals surface area contributed by atoms with Gasteiger partial charge in [0.1, 0.15) is 11.2 Å². The van der Waals surface area contributed by atoms with Crippen molar-refractivity contribution in [2.24, 2.45) is 0 Å². The molecule has 11 rings (SSSR count). The Kier molecular flexibility index (Phi) is 4.55. The van der Waals surface area contributed by atoms with Gasteiger partial charge in [0.25, 0.3) is 0 Å². The highest BCUT2D eigenvalue weighted by atomic mass is 16.3. The van der Waals surface area contributed by atoms with E-state index in [0.717, 1.165) is 44.5 Å². The smallest absolute Gasteiger partial charge is 0.137 e. The Balaban J connectivity index is 1.32. The molecule has 214 valence electrons. The minimum absolute atomic E-state index is 0.880. The zero-order valence-corrected chi connectivity index (χ0v) is 24.7. The van der Waals surface area contributed by atoms with Gasteiger partial charge in [0.05, 0.1) is 44.2 Å². The predicted octanol–water partition coefficient (Wildman–Crippen LogP) is 11.6. The van der Waals surface area contributed by atoms with Crippen LogP contribution in [0.15, 0.2) is 156 Å². The summed E-state index contributed by atoms with van der Waals surface area (Å²) in [7, 11) is 0. The van der Waals surface area contributed by atoms with E-state index in [2.05, 4.69) is 153 Å². The first-order chi connectivity index (χ1) is 22.8. The van der Waals surface area contributed by atoms with Crippen LogP contribution in [0.3, 0.4) is 0 Å². The molecule has 0 unspecified atom stereocenters. The van der Waals surface area contributed by atoms with Crippen LogP contribution in [0, 0.1) is 0 Å². The molecule has 0 aliphatic carbocycles. The molecule has 7 aromatic carbocycles. The lowest BCUT2D eigenvalue weighted by Gasteiger charge is -2.27. The number of hydrogen-bond donors (Lipinski definition) is 0. The standard InChI is InChI=1S/C42H25N3O/c1-2-11-26(12-3-1)43(36-18-10-20-39-40(36)32-15-6-9-19-38(32)46-39)27-21-24-35-37(25-27)45-34-17-8-5-14-29(34)31-23-22-30-28-13-4-7-16-33(28)44(35)41(30)42(31)45/h1-25H. The molecule has 0 spiro atoms. The molecule has 0 amide bonds. The molecule has 11 aromatic rings. The van der Waals surface area contributed by atoms with Crippen LogP contribution in [0.5, 0.6) is 0 Å². The monoisotopic (exact) mass is 587 g/mol. The number of nitrogens with zero attached hydrogens (tertiary/aromatic N) is 3. The first-order valence-electron chi connectivity index (χ1n) is 15.7. The van der Waals surface area contributed by atoms with Crippen LogP contribution in [0.4, 0.5) is 17.1 Å². The Hall–Kier alpha value is -6.26. The summed E-state index contributed by atoms with van der Waals surface area (Å²) in [6.45, 7) is 0. The van der Waals surface area contributed by atoms with E-state index in [1.54, 1.807) is 0 Å². The molecule has 4 heterocycles. The van der Waals surface area contributed by atoms with Crippen molar-refractivity contribution in [2.75, 3.05) is 4.90 Å². The van der Waals surface area contributed by atoms with Crippen LogP contribution in [-0.4, -0.2) is 8.80 Å². The molecule has 0 N–H and O–H groups in total. The number of rotatable bonds is 3. The van der Waals surface area contributed by atoms with Crippen molar-refractivity contribution in [3.8, 4) is 0 Å². The van der Waals surface area contributed by atoms with E-state index < -0.39 is 0 Å². The van der Waals surface area contributed by atoms with Gasteiger partial charge in [-0.2, -0.15) is 0 Å². The van der Waals surface area contributed by atoms with E-state index in [0.29, 0.717) is 0 Å². The third-order valence-corrected chi connectivity index (χ3v) is 9.80. The van der Waals surface area contributed by atoms with Crippen molar-refractivity contribution in [1.29, 1.82) is 0 Å². The first kappa shape index (κ1) is 24.1. The molecule has 0 saturated heterocycles. The fourth-order valence-corrected chi connectivity index (χ4v) is 7.97. The van der Waals surface area contributed by atoms with Crippen LogP contribution in [0.1, 0.15) is 0 Å². The Morgan fingerprint density at radius 1 is 0.391 bits per heavy atom. The molecule has 4 aromatic heterocycles. The molecule has 0 aliphatic heterocycles. The maximum absolute atomic E-state index is 6.35. The third-order valence-electron chi connectivity index (χ3n) is 9.80. The fourth-order valence-electron chi connectivity index (χ4n) is 7.97. The van der Waals surface area contributed by atoms with Crippen molar-refractivity contribution >= 4 is 93.6 Å². The van der Waals surface area contributed by atoms with Crippen LogP contribution in [0.25, 0.3) is 76.6 Å². The van der Waals surface area contributed by atoms with E-state index in [1.807, 2.05) is 12.1 Å². The van der Waals surface area contributed by atoms with Gasteiger partial charge in [0.2, 0.25) is 0 Å². The molecular formula is C42H25N3O. The SMILES string of the molecule is c1ccc(N(c2ccc3c(c2)n2c4ccccc4c4ccc5c6ccccc6n3c5c42)c2cccc3oc4ccccc4c23)cc1. The number of anilines is 3. The summed E-state index contributed by atoms with van der Waals surface area (Å²) in [4.78, 5) is 2.37. The molecular weight excluding hydrogens is 562 g/mol. The average Bonchev–Trinajstić information content (AvgIpc) is 3.77. The zero-order chi connectivity index (χ0) is 29.9. The number of para-hydroxylation sites is 4. The third kappa shape index (κ3) is 2.98. The van der Waals surface area contributed by atoms with Gasteiger partial charge in [0.15, 0.2) is 0 Å². The van der Waals surface area contributed by atoms with Crippen molar-refractivity contribution in [3.63, 3.8) is 0 Å². The van der Waals surface area contributed by atoms with Gasteiger partial charge in [-0.05, 0) is 60.7 Å². The topological polar surface area (TPSA) is 25.2 Å². The summed E-state index contributed by atoms with van der Waals surface area (Å²) in [5.74, 6) is 0. The molecule has 0 fully saturated rings. The van der Waals surface area contributed by atoms with Crippen LogP contribution in [-0.2, 0) is 0 Å². The average molecular weight is 588 g/mol. The molecule has 0 atom stereocenters. The Bertz CT molecular complexity index is 2980. The summed E-state index contributed by atoms with van der Waals surface area (Å²) >= 11 is 0. The molecule has 0 radical (unpaired) electrons. The van der Waals surface area contributed by atoms with Gasteiger partial charge in [-0.25, -0.2) is 0 Å². The number of hydrogen-bond acceptors (Lipinski definition) is 2. The maximum atomic E-state index is 6.35. The van der Waals surface area contributed by atoms with Crippen molar-refractivity contribution in [2.45, 2.75) is 0 Å². The lowest BCUT2D eigenvalue weighted by molar-refractivity contribution is 0.669. The Labute approximate surface area is 262 Å². The second kappa shape index (κ2) is 8.68. The van der Waals surface area contributed by atoms with Gasteiger partial charge >= 0.3 is 0 Å². The summed E-state index contributed by atoms with van der Waals surface area (Å²) in [5.41, 5.74) is 12.3. The first-order valence-corrected chi connectivity index (χ1v) is 15.7. The highest BCUT2D eigenvalue weighted by Crippen LogP contribution is 2.46. The highest BCUT2D eigenvalue weighted by molar-refractivity contribution is 6.25. The van der Waals surface area contributed by atoms with Crippen molar-refractivity contribution in [3.05, 3.63) is 152 Å². The number of fused-ring (bicyclic) bond motifs is 12. The quantitative estimate of drug-likeness (QED) is 0.192. The van der Waals surface area contributed by atoms with Crippen molar-refractivity contribution in [1.82, 2.24) is 8.80 Å². The van der Waals surface area contributed by atoms with Crippen LogP contribution in [0.2, 0.25) is 0 Å². The number of furan rings is 1. The minimum atomic E-state index is 0.880. The van der Waals surface area contributed by atoms with Crippen molar-refractivity contribution < 1.29 is 4.42 Å². The highest BCUT2D eigenvalue weighted by Gasteiger charge is 2.24. The Morgan fingerprint density at radius 3 is 1.74 bits per heavy atom. The molecule has 0 aliphatic rings. The van der Waals surface area contributed by atoms with E-state index >= 15 is 0 Å². The molecule has 4 heteroatoms. The summed E-state index contributed by atoms with van der Waals surface area (Å²) in [6.07, 6.45) is 0. The maximum Gasteiger partial charge on any atom is 0.137 e. The second-order valence-electron chi connectivity index (χ2n) is 12.2. The van der Waals surface area contributed by atoms with Gasteiger partial charge < -0.3 is 18.1 Å². The van der Waals surface area contributed by atoms with Gasteiger partial charge in [-0.3, -0.25) is 0 Å². The predicted molar refractivity (Wildman–Crippen MR) is 192 cm³/mol. The van der Waals surface area contributed by atoms with E-state index in [-0.39, 0.29) is 0 Å². The van der Waals surface area contributed by atoms with Gasteiger partial charge in [-0.1, -0.05) is 91.0 Å². The van der Waals surface area contributed by atoms with Crippen LogP contribution >= 0.6 is 0 Å². The second-order valence-corrected chi connectivity index (χ2v) is 12.2. The largest absolute Gasteiger partial charge is 0.456 e. The minimum Gasteiger partial charge on any atom is -0.456 e. The summed E-state index contributed by atoms with van der Waals surface area (Å²) < 4.78 is 11.3. The molecule has 46 heavy (non-hydrogen) atoms. The molecule has 0 saturated carbocycles. The lowest BCUT2D eigenvalue weighted by atomic mass is 10.1. The van der Waals surface area contributed by atoms with E-state index in [1.165, 1.54) is 49.1 Å². The molecule has 4 nitrogen and oxygen atoms in total. The normalized spacial score (nSPS) is 12.3. The van der Waals surface area contributed by atoms with E-state index in [9.17, 15) is 0 Å². The lowest BCUT2D eigenvalue weighted by Crippen LogP contribution is -2.10. The fraction of sp³-hybridized carbons (Fsp3) is 0. The molecule has 0 bridgehead atoms. The van der Waals surface area contributed by atoms with E-state index in [4.69, 9.17) is 4.42 Å².